The molecule has 2 aromatic rings. The molecule has 2 heterocycles. The number of nitrogens with one attached hydrogen (secondary N) is 2. The maximum Gasteiger partial charge on any atom is 0.240 e. The highest BCUT2D eigenvalue weighted by atomic mass is 35.5. The van der Waals surface area contributed by atoms with Gasteiger partial charge in [-0.3, -0.25) is 9.69 Å². The van der Waals surface area contributed by atoms with Crippen LogP contribution in [0, 0.1) is 0 Å². The number of carbonyl (C=O) groups is 1. The smallest absolute Gasteiger partial charge is 0.240 e. The minimum Gasteiger partial charge on any atom is -0.341 e. The predicted octanol–water partition coefficient (Wildman–Crippen LogP) is 3.45. The Bertz CT molecular complexity index is 939. The van der Waals surface area contributed by atoms with Crippen molar-refractivity contribution in [2.24, 2.45) is 0 Å². The van der Waals surface area contributed by atoms with E-state index in [0.717, 1.165) is 56.0 Å². The van der Waals surface area contributed by atoms with Crippen LogP contribution in [0.5, 0.6) is 0 Å². The summed E-state index contributed by atoms with van der Waals surface area (Å²) in [6.45, 7) is 5.52. The maximum atomic E-state index is 13.7. The van der Waals surface area contributed by atoms with Crippen LogP contribution >= 0.6 is 11.6 Å². The molecule has 5 nitrogen and oxygen atoms in total. The second-order valence-corrected chi connectivity index (χ2v) is 10.1. The zero-order valence-corrected chi connectivity index (χ0v) is 20.9. The second kappa shape index (κ2) is 10.6. The fourth-order valence-corrected chi connectivity index (χ4v) is 5.52. The van der Waals surface area contributed by atoms with Crippen molar-refractivity contribution in [3.63, 3.8) is 0 Å². The molecule has 2 aliphatic rings. The number of halogens is 1. The van der Waals surface area contributed by atoms with Crippen molar-refractivity contribution in [2.45, 2.75) is 50.2 Å². The summed E-state index contributed by atoms with van der Waals surface area (Å²) in [6.07, 6.45) is 3.73. The molecule has 1 saturated heterocycles. The highest BCUT2D eigenvalue weighted by Gasteiger charge is 2.44. The molecule has 33 heavy (non-hydrogen) atoms. The number of benzene rings is 2. The van der Waals surface area contributed by atoms with Gasteiger partial charge in [-0.05, 0) is 75.5 Å². The van der Waals surface area contributed by atoms with E-state index in [1.807, 2.05) is 31.3 Å². The molecule has 1 amide bonds. The third kappa shape index (κ3) is 5.27. The molecular formula is C27H37ClN4O. The number of likely N-dealkylation sites (N-methyl/N-ethyl adjacent to an activating group) is 2. The van der Waals surface area contributed by atoms with Crippen molar-refractivity contribution >= 4 is 17.5 Å². The molecule has 2 aromatic carbocycles. The molecular weight excluding hydrogens is 432 g/mol. The SMILES string of the molecule is CNC(C)CN[C@H](Cc1ccc(Cl)cc1)C(=O)N1CCC2(CC1)c1ccccc1CCN2C. The van der Waals surface area contributed by atoms with Crippen LogP contribution in [0.2, 0.25) is 5.02 Å². The number of rotatable bonds is 7. The van der Waals surface area contributed by atoms with Gasteiger partial charge in [-0.2, -0.15) is 0 Å². The summed E-state index contributed by atoms with van der Waals surface area (Å²) in [7, 11) is 4.20. The molecule has 1 unspecified atom stereocenters. The van der Waals surface area contributed by atoms with E-state index in [0.29, 0.717) is 12.5 Å². The number of likely N-dealkylation sites (tertiary alicyclic amines) is 1. The van der Waals surface area contributed by atoms with Crippen molar-refractivity contribution in [3.8, 4) is 0 Å². The summed E-state index contributed by atoms with van der Waals surface area (Å²) in [5, 5.41) is 7.50. The van der Waals surface area contributed by atoms with Gasteiger partial charge in [0.1, 0.15) is 0 Å². The molecule has 2 aliphatic heterocycles. The standard InChI is InChI=1S/C27H37ClN4O/c1-20(29-2)19-30-25(18-21-8-10-23(28)11-9-21)26(33)32-16-13-27(14-17-32)24-7-5-4-6-22(24)12-15-31(27)3/h4-11,20,25,29-30H,12-19H2,1-3H3/t20?,25-/m1/s1. The minimum absolute atomic E-state index is 0.0470. The molecule has 0 saturated carbocycles. The normalized spacial score (nSPS) is 19.8. The predicted molar refractivity (Wildman–Crippen MR) is 136 cm³/mol. The Morgan fingerprint density at radius 2 is 1.79 bits per heavy atom. The summed E-state index contributed by atoms with van der Waals surface area (Å²) in [5.41, 5.74) is 4.10. The van der Waals surface area contributed by atoms with E-state index in [1.165, 1.54) is 11.1 Å². The van der Waals surface area contributed by atoms with Crippen molar-refractivity contribution in [1.29, 1.82) is 0 Å². The van der Waals surface area contributed by atoms with E-state index in [9.17, 15) is 4.79 Å². The molecule has 4 rings (SSSR count). The summed E-state index contributed by atoms with van der Waals surface area (Å²) in [5.74, 6) is 0.204. The first-order valence-corrected chi connectivity index (χ1v) is 12.5. The number of carbonyl (C=O) groups excluding carboxylic acids is 1. The molecule has 178 valence electrons. The van der Waals surface area contributed by atoms with E-state index in [1.54, 1.807) is 0 Å². The van der Waals surface area contributed by atoms with Gasteiger partial charge in [-0.25, -0.2) is 0 Å². The fraction of sp³-hybridized carbons (Fsp3) is 0.519. The van der Waals surface area contributed by atoms with Gasteiger partial charge in [0.25, 0.3) is 0 Å². The number of piperidine rings is 1. The van der Waals surface area contributed by atoms with Crippen molar-refractivity contribution in [2.75, 3.05) is 40.3 Å². The van der Waals surface area contributed by atoms with E-state index in [4.69, 9.17) is 11.6 Å². The monoisotopic (exact) mass is 468 g/mol. The van der Waals surface area contributed by atoms with Crippen LogP contribution in [-0.2, 0) is 23.2 Å². The quantitative estimate of drug-likeness (QED) is 0.653. The number of hydrogen-bond acceptors (Lipinski definition) is 4. The Morgan fingerprint density at radius 3 is 2.48 bits per heavy atom. The van der Waals surface area contributed by atoms with Gasteiger partial charge < -0.3 is 15.5 Å². The molecule has 1 spiro atoms. The lowest BCUT2D eigenvalue weighted by molar-refractivity contribution is -0.136. The minimum atomic E-state index is -0.243. The first-order valence-electron chi connectivity index (χ1n) is 12.2. The van der Waals surface area contributed by atoms with E-state index in [-0.39, 0.29) is 17.5 Å². The van der Waals surface area contributed by atoms with Crippen molar-refractivity contribution < 1.29 is 4.79 Å². The Hall–Kier alpha value is -1.92. The number of amides is 1. The lowest BCUT2D eigenvalue weighted by Gasteiger charge is -2.51. The maximum absolute atomic E-state index is 13.7. The Morgan fingerprint density at radius 1 is 1.09 bits per heavy atom. The molecule has 6 heteroatoms. The fourth-order valence-electron chi connectivity index (χ4n) is 5.39. The zero-order valence-electron chi connectivity index (χ0n) is 20.1. The first-order chi connectivity index (χ1) is 15.9. The molecule has 1 fully saturated rings. The molecule has 2 atom stereocenters. The lowest BCUT2D eigenvalue weighted by Crippen LogP contribution is -2.58. The van der Waals surface area contributed by atoms with Crippen LogP contribution in [0.15, 0.2) is 48.5 Å². The zero-order chi connectivity index (χ0) is 23.4. The van der Waals surface area contributed by atoms with Crippen LogP contribution in [0.25, 0.3) is 0 Å². The molecule has 2 N–H and O–H groups in total. The second-order valence-electron chi connectivity index (χ2n) is 9.67. The highest BCUT2D eigenvalue weighted by Crippen LogP contribution is 2.42. The molecule has 0 radical (unpaired) electrons. The van der Waals surface area contributed by atoms with Crippen LogP contribution in [0.1, 0.15) is 36.5 Å². The van der Waals surface area contributed by atoms with Gasteiger partial charge in [0.05, 0.1) is 6.04 Å². The van der Waals surface area contributed by atoms with E-state index in [2.05, 4.69) is 58.7 Å². The average Bonchev–Trinajstić information content (AvgIpc) is 2.85. The third-order valence-electron chi connectivity index (χ3n) is 7.68. The van der Waals surface area contributed by atoms with Gasteiger partial charge in [0.2, 0.25) is 5.91 Å². The van der Waals surface area contributed by atoms with Gasteiger partial charge >= 0.3 is 0 Å². The van der Waals surface area contributed by atoms with Gasteiger partial charge in [-0.1, -0.05) is 48.0 Å². The van der Waals surface area contributed by atoms with Crippen molar-refractivity contribution in [1.82, 2.24) is 20.4 Å². The molecule has 0 aliphatic carbocycles. The third-order valence-corrected chi connectivity index (χ3v) is 7.93. The van der Waals surface area contributed by atoms with Crippen LogP contribution in [0.3, 0.4) is 0 Å². The van der Waals surface area contributed by atoms with Gasteiger partial charge in [0, 0.05) is 42.8 Å². The number of fused-ring (bicyclic) bond motifs is 2. The summed E-state index contributed by atoms with van der Waals surface area (Å²) in [6, 6.07) is 16.8. The lowest BCUT2D eigenvalue weighted by atomic mass is 9.74. The number of hydrogen-bond donors (Lipinski definition) is 2. The van der Waals surface area contributed by atoms with E-state index < -0.39 is 0 Å². The summed E-state index contributed by atoms with van der Waals surface area (Å²) in [4.78, 5) is 18.3. The topological polar surface area (TPSA) is 47.6 Å². The average molecular weight is 469 g/mol. The van der Waals surface area contributed by atoms with Crippen LogP contribution in [-0.4, -0.2) is 68.1 Å². The summed E-state index contributed by atoms with van der Waals surface area (Å²) < 4.78 is 0. The molecule has 0 aromatic heterocycles. The Labute approximate surface area is 203 Å². The Kier molecular flexibility index (Phi) is 7.75. The highest BCUT2D eigenvalue weighted by molar-refractivity contribution is 6.30. The Balaban J connectivity index is 1.48. The van der Waals surface area contributed by atoms with Crippen LogP contribution in [0.4, 0.5) is 0 Å². The van der Waals surface area contributed by atoms with Crippen LogP contribution < -0.4 is 10.6 Å². The molecule has 0 bridgehead atoms. The first kappa shape index (κ1) is 24.2. The van der Waals surface area contributed by atoms with Crippen molar-refractivity contribution in [3.05, 3.63) is 70.2 Å². The largest absolute Gasteiger partial charge is 0.341 e. The van der Waals surface area contributed by atoms with Gasteiger partial charge in [0.15, 0.2) is 0 Å². The number of nitrogens with zero attached hydrogens (tertiary/aromatic N) is 2. The van der Waals surface area contributed by atoms with E-state index >= 15 is 0 Å². The van der Waals surface area contributed by atoms with Gasteiger partial charge in [-0.15, -0.1) is 0 Å². The summed E-state index contributed by atoms with van der Waals surface area (Å²) >= 11 is 6.07.